The van der Waals surface area contributed by atoms with E-state index in [9.17, 15) is 13.2 Å². The summed E-state index contributed by atoms with van der Waals surface area (Å²) in [6.07, 6.45) is 4.86. The van der Waals surface area contributed by atoms with E-state index < -0.39 is 16.2 Å². The van der Waals surface area contributed by atoms with Crippen LogP contribution in [0.15, 0.2) is 41.3 Å². The smallest absolute Gasteiger partial charge is 0.495 e. The molecule has 228 valence electrons. The SMILES string of the molecule is COc1cc(S(N)(=O)=O)ccc1NCC#Cc1sc2c(NC3CCN(CC4COC(=O)O4)CC3)cccc2c1CC1CC1. The zero-order chi connectivity index (χ0) is 30.0. The van der Waals surface area contributed by atoms with Crippen LogP contribution in [0.5, 0.6) is 5.75 Å². The fourth-order valence-corrected chi connectivity index (χ4v) is 7.39. The Balaban J connectivity index is 1.14. The average molecular weight is 625 g/mol. The van der Waals surface area contributed by atoms with Crippen LogP contribution in [-0.2, 0) is 25.9 Å². The highest BCUT2D eigenvalue weighted by atomic mass is 32.2. The van der Waals surface area contributed by atoms with Crippen molar-refractivity contribution >= 4 is 49.0 Å². The number of hydrogen-bond acceptors (Lipinski definition) is 10. The first-order valence-corrected chi connectivity index (χ1v) is 16.9. The van der Waals surface area contributed by atoms with Crippen molar-refractivity contribution in [1.29, 1.82) is 0 Å². The molecule has 3 aliphatic rings. The molecule has 0 radical (unpaired) electrons. The van der Waals surface area contributed by atoms with E-state index in [4.69, 9.17) is 19.3 Å². The number of nitrogens with two attached hydrogens (primary N) is 1. The number of fused-ring (bicyclic) bond motifs is 1. The number of ether oxygens (including phenoxy) is 3. The molecular formula is C31H36N4O6S2. The predicted molar refractivity (Wildman–Crippen MR) is 167 cm³/mol. The molecule has 1 aliphatic carbocycles. The minimum atomic E-state index is -3.82. The van der Waals surface area contributed by atoms with Gasteiger partial charge in [-0.1, -0.05) is 24.0 Å². The van der Waals surface area contributed by atoms with E-state index >= 15 is 0 Å². The van der Waals surface area contributed by atoms with Crippen molar-refractivity contribution in [2.45, 2.75) is 49.1 Å². The first-order valence-electron chi connectivity index (χ1n) is 14.6. The van der Waals surface area contributed by atoms with Gasteiger partial charge in [0.1, 0.15) is 12.4 Å². The number of thiophene rings is 1. The maximum absolute atomic E-state index is 11.7. The molecule has 1 saturated carbocycles. The summed E-state index contributed by atoms with van der Waals surface area (Å²) in [6.45, 7) is 3.31. The fraction of sp³-hybridized carbons (Fsp3) is 0.452. The van der Waals surface area contributed by atoms with E-state index in [1.165, 1.54) is 47.7 Å². The van der Waals surface area contributed by atoms with Crippen LogP contribution >= 0.6 is 11.3 Å². The Hall–Kier alpha value is -3.50. The summed E-state index contributed by atoms with van der Waals surface area (Å²) >= 11 is 1.75. The number of primary sulfonamides is 1. The third kappa shape index (κ3) is 7.18. The average Bonchev–Trinajstić information content (AvgIpc) is 3.62. The summed E-state index contributed by atoms with van der Waals surface area (Å²) in [4.78, 5) is 14.7. The van der Waals surface area contributed by atoms with Crippen LogP contribution in [-0.4, -0.2) is 71.5 Å². The number of methoxy groups -OCH3 is 1. The lowest BCUT2D eigenvalue weighted by Crippen LogP contribution is -2.43. The molecule has 2 saturated heterocycles. The van der Waals surface area contributed by atoms with Gasteiger partial charge < -0.3 is 24.8 Å². The van der Waals surface area contributed by atoms with E-state index in [-0.39, 0.29) is 11.0 Å². The lowest BCUT2D eigenvalue weighted by molar-refractivity contribution is 0.0945. The van der Waals surface area contributed by atoms with Gasteiger partial charge >= 0.3 is 6.16 Å². The van der Waals surface area contributed by atoms with E-state index in [1.807, 2.05) is 0 Å². The number of likely N-dealkylation sites (tertiary alicyclic amines) is 1. The van der Waals surface area contributed by atoms with Gasteiger partial charge in [-0.15, -0.1) is 11.3 Å². The Morgan fingerprint density at radius 2 is 1.95 bits per heavy atom. The normalized spacial score (nSPS) is 19.4. The van der Waals surface area contributed by atoms with Crippen molar-refractivity contribution < 1.29 is 27.4 Å². The van der Waals surface area contributed by atoms with Crippen LogP contribution in [0.3, 0.4) is 0 Å². The highest BCUT2D eigenvalue weighted by Gasteiger charge is 2.29. The number of anilines is 2. The third-order valence-electron chi connectivity index (χ3n) is 8.14. The Morgan fingerprint density at radius 1 is 1.14 bits per heavy atom. The molecule has 6 rings (SSSR count). The topological polar surface area (TPSA) is 132 Å². The van der Waals surface area contributed by atoms with Crippen molar-refractivity contribution in [3.8, 4) is 17.6 Å². The van der Waals surface area contributed by atoms with E-state index in [0.717, 1.165) is 48.8 Å². The third-order valence-corrected chi connectivity index (χ3v) is 10.2. The number of sulfonamides is 1. The maximum Gasteiger partial charge on any atom is 0.508 e. The van der Waals surface area contributed by atoms with Crippen molar-refractivity contribution in [2.24, 2.45) is 11.1 Å². The summed E-state index contributed by atoms with van der Waals surface area (Å²) in [5, 5.41) is 13.6. The summed E-state index contributed by atoms with van der Waals surface area (Å²) in [5.41, 5.74) is 3.13. The number of cyclic esters (lactones) is 2. The molecular weight excluding hydrogens is 588 g/mol. The number of carbonyl (C=O) groups excluding carboxylic acids is 1. The molecule has 12 heteroatoms. The summed E-state index contributed by atoms with van der Waals surface area (Å²) in [6, 6.07) is 11.4. The molecule has 1 atom stereocenters. The number of piperidine rings is 1. The zero-order valence-electron chi connectivity index (χ0n) is 24.1. The molecule has 3 aromatic rings. The van der Waals surface area contributed by atoms with Crippen molar-refractivity contribution in [3.63, 3.8) is 0 Å². The molecule has 43 heavy (non-hydrogen) atoms. The quantitative estimate of drug-likeness (QED) is 0.222. The van der Waals surface area contributed by atoms with Crippen molar-refractivity contribution in [2.75, 3.05) is 50.5 Å². The van der Waals surface area contributed by atoms with Crippen LogP contribution in [0.25, 0.3) is 10.1 Å². The van der Waals surface area contributed by atoms with Crippen molar-refractivity contribution in [1.82, 2.24) is 4.90 Å². The van der Waals surface area contributed by atoms with Gasteiger partial charge in [-0.25, -0.2) is 18.4 Å². The minimum Gasteiger partial charge on any atom is -0.495 e. The van der Waals surface area contributed by atoms with Crippen LogP contribution in [0.1, 0.15) is 36.1 Å². The molecule has 3 fully saturated rings. The molecule has 1 aromatic heterocycles. The van der Waals surface area contributed by atoms with Gasteiger partial charge in [-0.3, -0.25) is 4.90 Å². The standard InChI is InChI=1S/C31H36N4O6S2/c1-39-28-17-23(43(32,37)38)9-10-26(28)33-13-3-6-29-25(16-20-7-8-20)24-4-2-5-27(30(24)42-29)34-21-11-14-35(15-12-21)18-22-19-40-31(36)41-22/h2,4-5,9-10,17,20-22,33-34H,7-8,11-16,18-19H2,1H3,(H2,32,37,38). The van der Waals surface area contributed by atoms with E-state index in [2.05, 4.69) is 45.6 Å². The van der Waals surface area contributed by atoms with E-state index in [1.54, 1.807) is 17.4 Å². The molecule has 0 spiro atoms. The Labute approximate surface area is 255 Å². The zero-order valence-corrected chi connectivity index (χ0v) is 25.7. The molecule has 3 heterocycles. The van der Waals surface area contributed by atoms with Gasteiger partial charge in [0.15, 0.2) is 6.10 Å². The van der Waals surface area contributed by atoms with Crippen LogP contribution in [0, 0.1) is 17.8 Å². The van der Waals surface area contributed by atoms with Gasteiger partial charge in [-0.05, 0) is 67.2 Å². The minimum absolute atomic E-state index is 0.00240. The molecule has 1 unspecified atom stereocenters. The number of nitrogens with one attached hydrogen (secondary N) is 2. The molecule has 2 aliphatic heterocycles. The van der Waals surface area contributed by atoms with Gasteiger partial charge in [0.2, 0.25) is 10.0 Å². The Morgan fingerprint density at radius 3 is 2.65 bits per heavy atom. The van der Waals surface area contributed by atoms with Crippen LogP contribution in [0.2, 0.25) is 0 Å². The summed E-state index contributed by atoms with van der Waals surface area (Å²) in [5.74, 6) is 7.80. The predicted octanol–water partition coefficient (Wildman–Crippen LogP) is 4.39. The number of carbonyl (C=O) groups is 1. The number of hydrogen-bond donors (Lipinski definition) is 3. The molecule has 0 amide bonds. The molecule has 2 aromatic carbocycles. The Bertz CT molecular complexity index is 1670. The number of benzene rings is 2. The first kappa shape index (κ1) is 29.6. The van der Waals surface area contributed by atoms with Gasteiger partial charge in [0.05, 0.1) is 39.5 Å². The summed E-state index contributed by atoms with van der Waals surface area (Å²) in [7, 11) is -2.33. The first-order chi connectivity index (χ1) is 20.8. The second kappa shape index (κ2) is 12.6. The van der Waals surface area contributed by atoms with Gasteiger partial charge in [0.25, 0.3) is 0 Å². The fourth-order valence-electron chi connectivity index (χ4n) is 5.68. The van der Waals surface area contributed by atoms with Crippen LogP contribution < -0.4 is 20.5 Å². The van der Waals surface area contributed by atoms with Gasteiger partial charge in [0, 0.05) is 31.7 Å². The molecule has 4 N–H and O–H groups in total. The van der Waals surface area contributed by atoms with Crippen molar-refractivity contribution in [3.05, 3.63) is 46.8 Å². The number of rotatable bonds is 10. The lowest BCUT2D eigenvalue weighted by atomic mass is 10.0. The second-order valence-corrected chi connectivity index (χ2v) is 13.9. The Kier molecular flexibility index (Phi) is 8.68. The van der Waals surface area contributed by atoms with Gasteiger partial charge in [-0.2, -0.15) is 0 Å². The monoisotopic (exact) mass is 624 g/mol. The van der Waals surface area contributed by atoms with Crippen LogP contribution in [0.4, 0.5) is 16.2 Å². The lowest BCUT2D eigenvalue weighted by Gasteiger charge is -2.33. The van der Waals surface area contributed by atoms with E-state index in [0.29, 0.717) is 37.2 Å². The largest absolute Gasteiger partial charge is 0.508 e. The highest BCUT2D eigenvalue weighted by Crippen LogP contribution is 2.41. The highest BCUT2D eigenvalue weighted by molar-refractivity contribution is 7.89. The maximum atomic E-state index is 11.7. The second-order valence-electron chi connectivity index (χ2n) is 11.3. The summed E-state index contributed by atoms with van der Waals surface area (Å²) < 4.78 is 40.1. The molecule has 0 bridgehead atoms. The number of nitrogens with zero attached hydrogens (tertiary/aromatic N) is 1. The molecule has 10 nitrogen and oxygen atoms in total.